The Kier molecular flexibility index (Phi) is 2.71. The zero-order valence-corrected chi connectivity index (χ0v) is 9.01. The minimum Gasteiger partial charge on any atom is -0.364 e. The molecular weight excluding hydrogens is 190 g/mol. The van der Waals surface area contributed by atoms with Gasteiger partial charge in [-0.1, -0.05) is 0 Å². The Bertz CT molecular complexity index is 428. The Hall–Kier alpha value is -1.78. The summed E-state index contributed by atoms with van der Waals surface area (Å²) in [4.78, 5) is 0. The second-order valence-electron chi connectivity index (χ2n) is 3.43. The summed E-state index contributed by atoms with van der Waals surface area (Å²) in [7, 11) is 1.90. The van der Waals surface area contributed by atoms with Gasteiger partial charge in [0.05, 0.1) is 6.20 Å². The molecular formula is C10H15N5. The van der Waals surface area contributed by atoms with E-state index >= 15 is 0 Å². The van der Waals surface area contributed by atoms with Gasteiger partial charge in [-0.05, 0) is 6.92 Å². The first-order valence-corrected chi connectivity index (χ1v) is 5.03. The smallest absolute Gasteiger partial charge is 0.148 e. The molecule has 2 aromatic rings. The number of hydrogen-bond acceptors (Lipinski definition) is 3. The van der Waals surface area contributed by atoms with Crippen LogP contribution in [0.5, 0.6) is 0 Å². The molecule has 2 heterocycles. The fraction of sp³-hybridized carbons (Fsp3) is 0.400. The minimum atomic E-state index is 0.761. The molecule has 0 aliphatic heterocycles. The standard InChI is InChI=1S/C10H15N5/c1-3-15-8-9(7-12-15)6-11-10-4-5-14(2)13-10/h4-5,7-8H,3,6H2,1-2H3,(H,11,13). The number of rotatable bonds is 4. The van der Waals surface area contributed by atoms with Crippen LogP contribution in [0.15, 0.2) is 24.7 Å². The summed E-state index contributed by atoms with van der Waals surface area (Å²) in [5.41, 5.74) is 1.17. The van der Waals surface area contributed by atoms with Gasteiger partial charge in [-0.15, -0.1) is 0 Å². The first kappa shape index (κ1) is 9.76. The van der Waals surface area contributed by atoms with Crippen LogP contribution < -0.4 is 5.32 Å². The number of anilines is 1. The average molecular weight is 205 g/mol. The summed E-state index contributed by atoms with van der Waals surface area (Å²) < 4.78 is 3.69. The first-order valence-electron chi connectivity index (χ1n) is 5.03. The molecule has 0 aliphatic rings. The molecule has 1 N–H and O–H groups in total. The quantitative estimate of drug-likeness (QED) is 0.817. The van der Waals surface area contributed by atoms with Crippen LogP contribution in [0.3, 0.4) is 0 Å². The third-order valence-corrected chi connectivity index (χ3v) is 2.20. The van der Waals surface area contributed by atoms with E-state index in [1.807, 2.05) is 36.4 Å². The lowest BCUT2D eigenvalue weighted by Crippen LogP contribution is -2.00. The van der Waals surface area contributed by atoms with Crippen LogP contribution in [0.4, 0.5) is 5.82 Å². The Morgan fingerprint density at radius 1 is 1.47 bits per heavy atom. The third-order valence-electron chi connectivity index (χ3n) is 2.20. The predicted octanol–water partition coefficient (Wildman–Crippen LogP) is 1.25. The first-order chi connectivity index (χ1) is 7.28. The zero-order chi connectivity index (χ0) is 10.7. The number of hydrogen-bond donors (Lipinski definition) is 1. The van der Waals surface area contributed by atoms with E-state index in [4.69, 9.17) is 0 Å². The topological polar surface area (TPSA) is 47.7 Å². The van der Waals surface area contributed by atoms with Crippen molar-refractivity contribution in [3.05, 3.63) is 30.2 Å². The maximum Gasteiger partial charge on any atom is 0.148 e. The minimum absolute atomic E-state index is 0.761. The van der Waals surface area contributed by atoms with Gasteiger partial charge >= 0.3 is 0 Å². The highest BCUT2D eigenvalue weighted by atomic mass is 15.3. The van der Waals surface area contributed by atoms with Crippen molar-refractivity contribution in [1.82, 2.24) is 19.6 Å². The van der Waals surface area contributed by atoms with Crippen LogP contribution in [-0.4, -0.2) is 19.6 Å². The summed E-state index contributed by atoms with van der Waals surface area (Å²) in [5, 5.41) is 11.7. The van der Waals surface area contributed by atoms with Crippen molar-refractivity contribution in [3.8, 4) is 0 Å². The maximum atomic E-state index is 4.23. The highest BCUT2D eigenvalue weighted by Gasteiger charge is 1.98. The lowest BCUT2D eigenvalue weighted by molar-refractivity contribution is 0.659. The molecule has 5 heteroatoms. The third kappa shape index (κ3) is 2.37. The molecule has 0 saturated carbocycles. The van der Waals surface area contributed by atoms with Crippen LogP contribution in [-0.2, 0) is 20.1 Å². The van der Waals surface area contributed by atoms with E-state index in [0.717, 1.165) is 18.9 Å². The van der Waals surface area contributed by atoms with Crippen molar-refractivity contribution in [2.45, 2.75) is 20.0 Å². The van der Waals surface area contributed by atoms with Crippen LogP contribution in [0.25, 0.3) is 0 Å². The monoisotopic (exact) mass is 205 g/mol. The van der Waals surface area contributed by atoms with Crippen LogP contribution in [0, 0.1) is 0 Å². The molecule has 0 unspecified atom stereocenters. The SMILES string of the molecule is CCn1cc(CNc2ccn(C)n2)cn1. The molecule has 0 saturated heterocycles. The van der Waals surface area contributed by atoms with E-state index in [1.54, 1.807) is 4.68 Å². The highest BCUT2D eigenvalue weighted by molar-refractivity contribution is 5.33. The van der Waals surface area contributed by atoms with Gasteiger partial charge < -0.3 is 5.32 Å². The fourth-order valence-corrected chi connectivity index (χ4v) is 1.37. The summed E-state index contributed by atoms with van der Waals surface area (Å²) in [5.74, 6) is 0.891. The molecule has 0 amide bonds. The molecule has 0 atom stereocenters. The number of nitrogens with zero attached hydrogens (tertiary/aromatic N) is 4. The van der Waals surface area contributed by atoms with E-state index in [2.05, 4.69) is 22.4 Å². The molecule has 0 spiro atoms. The number of aryl methyl sites for hydroxylation is 2. The van der Waals surface area contributed by atoms with Crippen LogP contribution >= 0.6 is 0 Å². The van der Waals surface area contributed by atoms with Crippen molar-refractivity contribution < 1.29 is 0 Å². The van der Waals surface area contributed by atoms with E-state index in [0.29, 0.717) is 0 Å². The van der Waals surface area contributed by atoms with Gasteiger partial charge in [0, 0.05) is 44.2 Å². The molecule has 2 rings (SSSR count). The Morgan fingerprint density at radius 3 is 2.93 bits per heavy atom. The maximum absolute atomic E-state index is 4.23. The van der Waals surface area contributed by atoms with Crippen molar-refractivity contribution in [1.29, 1.82) is 0 Å². The second-order valence-corrected chi connectivity index (χ2v) is 3.43. The highest BCUT2D eigenvalue weighted by Crippen LogP contribution is 2.04. The molecule has 80 valence electrons. The van der Waals surface area contributed by atoms with Gasteiger partial charge in [-0.2, -0.15) is 10.2 Å². The molecule has 15 heavy (non-hydrogen) atoms. The summed E-state index contributed by atoms with van der Waals surface area (Å²) in [6.07, 6.45) is 5.83. The van der Waals surface area contributed by atoms with Gasteiger partial charge in [-0.3, -0.25) is 9.36 Å². The largest absolute Gasteiger partial charge is 0.364 e. The Balaban J connectivity index is 1.93. The summed E-state index contributed by atoms with van der Waals surface area (Å²) in [6, 6.07) is 1.95. The summed E-state index contributed by atoms with van der Waals surface area (Å²) >= 11 is 0. The molecule has 2 aromatic heterocycles. The van der Waals surface area contributed by atoms with Crippen LogP contribution in [0.2, 0.25) is 0 Å². The normalized spacial score (nSPS) is 10.5. The predicted molar refractivity (Wildman–Crippen MR) is 58.4 cm³/mol. The van der Waals surface area contributed by atoms with Crippen molar-refractivity contribution in [2.24, 2.45) is 7.05 Å². The molecule has 0 radical (unpaired) electrons. The molecule has 0 bridgehead atoms. The lowest BCUT2D eigenvalue weighted by Gasteiger charge is -1.99. The van der Waals surface area contributed by atoms with Gasteiger partial charge in [0.15, 0.2) is 0 Å². The molecule has 0 aromatic carbocycles. The Labute approximate surface area is 88.7 Å². The number of nitrogens with one attached hydrogen (secondary N) is 1. The summed E-state index contributed by atoms with van der Waals surface area (Å²) in [6.45, 7) is 3.74. The van der Waals surface area contributed by atoms with Gasteiger partial charge in [0.2, 0.25) is 0 Å². The zero-order valence-electron chi connectivity index (χ0n) is 9.01. The van der Waals surface area contributed by atoms with E-state index < -0.39 is 0 Å². The van der Waals surface area contributed by atoms with Crippen molar-refractivity contribution in [2.75, 3.05) is 5.32 Å². The van der Waals surface area contributed by atoms with Gasteiger partial charge in [-0.25, -0.2) is 0 Å². The second kappa shape index (κ2) is 4.16. The fourth-order valence-electron chi connectivity index (χ4n) is 1.37. The van der Waals surface area contributed by atoms with E-state index in [1.165, 1.54) is 5.56 Å². The van der Waals surface area contributed by atoms with Crippen molar-refractivity contribution in [3.63, 3.8) is 0 Å². The lowest BCUT2D eigenvalue weighted by atomic mass is 10.3. The Morgan fingerprint density at radius 2 is 2.33 bits per heavy atom. The number of aromatic nitrogens is 4. The van der Waals surface area contributed by atoms with E-state index in [9.17, 15) is 0 Å². The average Bonchev–Trinajstić information content (AvgIpc) is 2.83. The van der Waals surface area contributed by atoms with Crippen LogP contribution in [0.1, 0.15) is 12.5 Å². The van der Waals surface area contributed by atoms with E-state index in [-0.39, 0.29) is 0 Å². The van der Waals surface area contributed by atoms with Gasteiger partial charge in [0.1, 0.15) is 5.82 Å². The van der Waals surface area contributed by atoms with Crippen molar-refractivity contribution >= 4 is 5.82 Å². The van der Waals surface area contributed by atoms with Gasteiger partial charge in [0.25, 0.3) is 0 Å². The molecule has 5 nitrogen and oxygen atoms in total. The molecule has 0 fully saturated rings. The molecule has 0 aliphatic carbocycles.